The second kappa shape index (κ2) is 8.39. The van der Waals surface area contributed by atoms with Gasteiger partial charge in [-0.2, -0.15) is 0 Å². The Bertz CT molecular complexity index is 874. The van der Waals surface area contributed by atoms with Gasteiger partial charge in [0.05, 0.1) is 21.6 Å². The van der Waals surface area contributed by atoms with Crippen molar-refractivity contribution in [2.45, 2.75) is 25.6 Å². The molecule has 0 aliphatic rings. The Hall–Kier alpha value is -2.61. The van der Waals surface area contributed by atoms with Gasteiger partial charge in [0, 0.05) is 13.0 Å². The number of nitrogens with zero attached hydrogens (tertiary/aromatic N) is 1. The average molecular weight is 394 g/mol. The molecule has 0 fully saturated rings. The third kappa shape index (κ3) is 5.96. The van der Waals surface area contributed by atoms with E-state index in [1.54, 1.807) is 11.3 Å². The SMILES string of the molecule is O=C(Cc1ccc(OC(F)(F)F)cc1)NCCCc1nc2ccccc2s1. The van der Waals surface area contributed by atoms with Gasteiger partial charge in [0.25, 0.3) is 0 Å². The number of halogens is 3. The molecule has 8 heteroatoms. The molecule has 0 unspecified atom stereocenters. The fourth-order valence-corrected chi connectivity index (χ4v) is 3.56. The molecule has 0 bridgehead atoms. The second-order valence-electron chi connectivity index (χ2n) is 5.90. The summed E-state index contributed by atoms with van der Waals surface area (Å²) in [5.74, 6) is -0.480. The molecule has 4 nitrogen and oxygen atoms in total. The number of benzene rings is 2. The molecule has 0 aliphatic heterocycles. The van der Waals surface area contributed by atoms with Crippen LogP contribution in [0.5, 0.6) is 5.75 Å². The number of alkyl halides is 3. The summed E-state index contributed by atoms with van der Waals surface area (Å²) in [5, 5.41) is 3.85. The Labute approximate surface area is 158 Å². The van der Waals surface area contributed by atoms with E-state index in [1.165, 1.54) is 24.3 Å². The highest BCUT2D eigenvalue weighted by atomic mass is 32.1. The summed E-state index contributed by atoms with van der Waals surface area (Å²) in [4.78, 5) is 16.5. The molecular weight excluding hydrogens is 377 g/mol. The summed E-state index contributed by atoms with van der Waals surface area (Å²) >= 11 is 1.65. The van der Waals surface area contributed by atoms with Crippen LogP contribution in [0.15, 0.2) is 48.5 Å². The van der Waals surface area contributed by atoms with Crippen molar-refractivity contribution in [1.82, 2.24) is 10.3 Å². The minimum atomic E-state index is -4.72. The summed E-state index contributed by atoms with van der Waals surface area (Å²) in [5.41, 5.74) is 1.60. The van der Waals surface area contributed by atoms with E-state index >= 15 is 0 Å². The van der Waals surface area contributed by atoms with Crippen molar-refractivity contribution in [3.8, 4) is 5.75 Å². The quantitative estimate of drug-likeness (QED) is 0.601. The normalized spacial score (nSPS) is 11.5. The smallest absolute Gasteiger partial charge is 0.406 e. The maximum Gasteiger partial charge on any atom is 0.573 e. The number of ether oxygens (including phenoxy) is 1. The highest BCUT2D eigenvalue weighted by Crippen LogP contribution is 2.23. The van der Waals surface area contributed by atoms with Crippen LogP contribution in [-0.4, -0.2) is 23.8 Å². The van der Waals surface area contributed by atoms with Crippen LogP contribution in [0.1, 0.15) is 17.0 Å². The summed E-state index contributed by atoms with van der Waals surface area (Å²) < 4.78 is 41.3. The number of para-hydroxylation sites is 1. The van der Waals surface area contributed by atoms with Gasteiger partial charge in [-0.3, -0.25) is 4.79 Å². The van der Waals surface area contributed by atoms with E-state index < -0.39 is 6.36 Å². The fraction of sp³-hybridized carbons (Fsp3) is 0.263. The zero-order valence-corrected chi connectivity index (χ0v) is 15.1. The molecule has 27 heavy (non-hydrogen) atoms. The number of aromatic nitrogens is 1. The van der Waals surface area contributed by atoms with Crippen molar-refractivity contribution in [2.75, 3.05) is 6.54 Å². The van der Waals surface area contributed by atoms with Crippen molar-refractivity contribution in [3.63, 3.8) is 0 Å². The number of fused-ring (bicyclic) bond motifs is 1. The van der Waals surface area contributed by atoms with E-state index in [4.69, 9.17) is 0 Å². The monoisotopic (exact) mass is 394 g/mol. The largest absolute Gasteiger partial charge is 0.573 e. The van der Waals surface area contributed by atoms with Gasteiger partial charge >= 0.3 is 6.36 Å². The number of hydrogen-bond donors (Lipinski definition) is 1. The maximum atomic E-state index is 12.1. The molecule has 0 spiro atoms. The number of thiazole rings is 1. The molecule has 1 heterocycles. The fourth-order valence-electron chi connectivity index (χ4n) is 2.55. The van der Waals surface area contributed by atoms with Gasteiger partial charge in [0.1, 0.15) is 5.75 Å². The standard InChI is InChI=1S/C19H17F3N2O2S/c20-19(21,22)26-14-9-7-13(8-10-14)12-17(25)23-11-3-6-18-24-15-4-1-2-5-16(15)27-18/h1-2,4-5,7-10H,3,6,11-12H2,(H,23,25). The second-order valence-corrected chi connectivity index (χ2v) is 7.01. The number of aryl methyl sites for hydroxylation is 1. The third-order valence-corrected chi connectivity index (χ3v) is 4.85. The topological polar surface area (TPSA) is 51.2 Å². The van der Waals surface area contributed by atoms with Crippen molar-refractivity contribution in [2.24, 2.45) is 0 Å². The maximum absolute atomic E-state index is 12.1. The Balaban J connectivity index is 1.40. The Morgan fingerprint density at radius 2 is 1.85 bits per heavy atom. The third-order valence-electron chi connectivity index (χ3n) is 3.75. The van der Waals surface area contributed by atoms with Crippen LogP contribution in [0.2, 0.25) is 0 Å². The minimum absolute atomic E-state index is 0.105. The van der Waals surface area contributed by atoms with Gasteiger partial charge in [-0.05, 0) is 36.2 Å². The number of rotatable bonds is 7. The lowest BCUT2D eigenvalue weighted by molar-refractivity contribution is -0.274. The van der Waals surface area contributed by atoms with Crippen molar-refractivity contribution >= 4 is 27.5 Å². The van der Waals surface area contributed by atoms with Gasteiger partial charge in [-0.1, -0.05) is 24.3 Å². The van der Waals surface area contributed by atoms with Gasteiger partial charge < -0.3 is 10.1 Å². The van der Waals surface area contributed by atoms with Crippen LogP contribution in [0.4, 0.5) is 13.2 Å². The molecule has 0 saturated carbocycles. The molecule has 1 aromatic heterocycles. The van der Waals surface area contributed by atoms with Gasteiger partial charge in [0.2, 0.25) is 5.91 Å². The van der Waals surface area contributed by atoms with E-state index in [-0.39, 0.29) is 18.1 Å². The lowest BCUT2D eigenvalue weighted by atomic mass is 10.1. The zero-order chi connectivity index (χ0) is 19.3. The summed E-state index contributed by atoms with van der Waals surface area (Å²) in [6.07, 6.45) is -3.07. The predicted molar refractivity (Wildman–Crippen MR) is 97.8 cm³/mol. The van der Waals surface area contributed by atoms with E-state index in [9.17, 15) is 18.0 Å². The number of carbonyl (C=O) groups is 1. The van der Waals surface area contributed by atoms with Crippen LogP contribution < -0.4 is 10.1 Å². The molecule has 0 aliphatic carbocycles. The zero-order valence-electron chi connectivity index (χ0n) is 14.3. The molecule has 0 atom stereocenters. The van der Waals surface area contributed by atoms with E-state index in [1.807, 2.05) is 24.3 Å². The number of amides is 1. The lowest BCUT2D eigenvalue weighted by Crippen LogP contribution is -2.26. The first-order valence-corrected chi connectivity index (χ1v) is 9.16. The molecule has 142 valence electrons. The molecular formula is C19H17F3N2O2S. The van der Waals surface area contributed by atoms with Gasteiger partial charge in [0.15, 0.2) is 0 Å². The van der Waals surface area contributed by atoms with Crippen LogP contribution in [0, 0.1) is 0 Å². The summed E-state index contributed by atoms with van der Waals surface area (Å²) in [6.45, 7) is 0.518. The van der Waals surface area contributed by atoms with Gasteiger partial charge in [-0.15, -0.1) is 24.5 Å². The molecule has 3 rings (SSSR count). The first kappa shape index (κ1) is 19.2. The Kier molecular flexibility index (Phi) is 5.95. The molecule has 2 aromatic carbocycles. The first-order valence-electron chi connectivity index (χ1n) is 8.35. The van der Waals surface area contributed by atoms with E-state index in [2.05, 4.69) is 15.0 Å². The highest BCUT2D eigenvalue weighted by molar-refractivity contribution is 7.18. The number of hydrogen-bond acceptors (Lipinski definition) is 4. The number of nitrogens with one attached hydrogen (secondary N) is 1. The Morgan fingerprint density at radius 3 is 2.56 bits per heavy atom. The van der Waals surface area contributed by atoms with Crippen molar-refractivity contribution in [1.29, 1.82) is 0 Å². The first-order chi connectivity index (χ1) is 12.9. The van der Waals surface area contributed by atoms with E-state index in [0.717, 1.165) is 28.1 Å². The van der Waals surface area contributed by atoms with Crippen molar-refractivity contribution in [3.05, 3.63) is 59.1 Å². The molecule has 0 radical (unpaired) electrons. The number of carbonyl (C=O) groups excluding carboxylic acids is 1. The minimum Gasteiger partial charge on any atom is -0.406 e. The Morgan fingerprint density at radius 1 is 1.11 bits per heavy atom. The predicted octanol–water partition coefficient (Wildman–Crippen LogP) is 4.49. The average Bonchev–Trinajstić information content (AvgIpc) is 3.02. The van der Waals surface area contributed by atoms with Crippen molar-refractivity contribution < 1.29 is 22.7 Å². The summed E-state index contributed by atoms with van der Waals surface area (Å²) in [7, 11) is 0. The molecule has 0 saturated heterocycles. The molecule has 1 amide bonds. The highest BCUT2D eigenvalue weighted by Gasteiger charge is 2.30. The van der Waals surface area contributed by atoms with Gasteiger partial charge in [-0.25, -0.2) is 4.98 Å². The summed E-state index contributed by atoms with van der Waals surface area (Å²) in [6, 6.07) is 13.2. The van der Waals surface area contributed by atoms with Crippen LogP contribution in [-0.2, 0) is 17.6 Å². The van der Waals surface area contributed by atoms with Crippen LogP contribution in [0.25, 0.3) is 10.2 Å². The molecule has 1 N–H and O–H groups in total. The van der Waals surface area contributed by atoms with E-state index in [0.29, 0.717) is 12.1 Å². The van der Waals surface area contributed by atoms with Crippen LogP contribution >= 0.6 is 11.3 Å². The molecule has 3 aromatic rings. The van der Waals surface area contributed by atoms with Crippen LogP contribution in [0.3, 0.4) is 0 Å². The lowest BCUT2D eigenvalue weighted by Gasteiger charge is -2.09.